The van der Waals surface area contributed by atoms with E-state index < -0.39 is 255 Å². The van der Waals surface area contributed by atoms with Crippen molar-refractivity contribution in [1.82, 2.24) is 0 Å². The minimum absolute atomic E-state index is 1.76. The Bertz CT molecular complexity index is 2670. The molecule has 0 spiro atoms. The Kier molecular flexibility index (Phi) is 48.6. The fraction of sp³-hybridized carbons (Fsp3) is 1.00. The summed E-state index contributed by atoms with van der Waals surface area (Å²) in [7, 11) is -80.3. The first-order valence-corrected chi connectivity index (χ1v) is 132. The summed E-state index contributed by atoms with van der Waals surface area (Å²) in [5.74, 6) is 0. The van der Waals surface area contributed by atoms with Gasteiger partial charge in [0.05, 0.1) is 0 Å². The van der Waals surface area contributed by atoms with Crippen LogP contribution < -0.4 is 0 Å². The molecule has 0 aliphatic rings. The average molecular weight is 2270 g/mol. The van der Waals surface area contributed by atoms with E-state index in [-0.39, 0.29) is 0 Å². The first-order valence-electron chi connectivity index (χ1n) is 44.0. The first-order chi connectivity index (χ1) is 52.1. The van der Waals surface area contributed by atoms with E-state index in [1.807, 2.05) is 39.3 Å². The van der Waals surface area contributed by atoms with Crippen molar-refractivity contribution >= 4 is 255 Å². The largest absolute Gasteiger partial charge is 0.640 e. The molecule has 27 nitrogen and oxygen atoms in total. The van der Waals surface area contributed by atoms with Gasteiger partial charge in [0.15, 0.2) is 150 Å². The van der Waals surface area contributed by atoms with E-state index in [4.69, 9.17) is 111 Å². The fourth-order valence-electron chi connectivity index (χ4n) is 12.8. The van der Waals surface area contributed by atoms with Crippen LogP contribution in [0.1, 0.15) is 0 Å². The summed E-state index contributed by atoms with van der Waals surface area (Å²) in [6.07, 6.45) is 0. The van der Waals surface area contributed by atoms with Crippen LogP contribution in [-0.4, -0.2) is 255 Å². The lowest BCUT2D eigenvalue weighted by Gasteiger charge is -2.49. The van der Waals surface area contributed by atoms with Crippen LogP contribution in [0.3, 0.4) is 0 Å². The zero-order chi connectivity index (χ0) is 100. The monoisotopic (exact) mass is 2260 g/mol. The second-order valence-corrected chi connectivity index (χ2v) is 171. The van der Waals surface area contributed by atoms with Gasteiger partial charge in [-0.2, -0.15) is 0 Å². The first kappa shape index (κ1) is 133. The fourth-order valence-corrected chi connectivity index (χ4v) is 130. The molecule has 57 heteroatoms. The van der Waals surface area contributed by atoms with Gasteiger partial charge < -0.3 is 111 Å². The average Bonchev–Trinajstić information content (AvgIpc) is 0.748. The number of hydrogen-bond donors (Lipinski definition) is 0. The molecule has 0 heterocycles. The third-order valence-electron chi connectivity index (χ3n) is 11.8. The molecule has 0 unspecified atom stereocenters. The highest BCUT2D eigenvalue weighted by atomic mass is 28.6. The van der Waals surface area contributed by atoms with E-state index in [1.165, 1.54) is 0 Å². The normalized spacial score (nSPS) is 16.0. The number of hydrogen-bond acceptors (Lipinski definition) is 27. The zero-order valence-corrected chi connectivity index (χ0v) is 122. The molecule has 123 heavy (non-hydrogen) atoms. The summed E-state index contributed by atoms with van der Waals surface area (Å²) in [5, 5.41) is 0. The van der Waals surface area contributed by atoms with Crippen molar-refractivity contribution in [1.29, 1.82) is 0 Å². The van der Waals surface area contributed by atoms with E-state index in [0.717, 1.165) is 0 Å². The number of rotatable bonds is 54. The maximum absolute atomic E-state index is 7.50. The summed E-state index contributed by atoms with van der Waals surface area (Å²) < 4.78 is 188. The smallest absolute Gasteiger partial charge is 0.437 e. The summed E-state index contributed by atoms with van der Waals surface area (Å²) in [5.41, 5.74) is 0. The molecule has 0 amide bonds. The summed E-state index contributed by atoms with van der Waals surface area (Å²) >= 11 is 0. The Morgan fingerprint density at radius 3 is 0.252 bits per heavy atom. The minimum atomic E-state index is -4.29. The molecular weight excluding hydrogens is 2070 g/mol. The Labute approximate surface area is 791 Å². The van der Waals surface area contributed by atoms with Crippen LogP contribution >= 0.6 is 0 Å². The molecule has 0 radical (unpaired) electrons. The van der Waals surface area contributed by atoms with E-state index >= 15 is 0 Å². The van der Waals surface area contributed by atoms with Crippen molar-refractivity contribution in [2.24, 2.45) is 0 Å². The van der Waals surface area contributed by atoms with Gasteiger partial charge in [0.1, 0.15) is 0 Å². The van der Waals surface area contributed by atoms with Gasteiger partial charge in [-0.1, -0.05) is 0 Å². The second kappa shape index (κ2) is 45.1. The van der Waals surface area contributed by atoms with Crippen LogP contribution in [0, 0.1) is 0 Å². The molecule has 0 aliphatic heterocycles. The highest BCUT2D eigenvalue weighted by molar-refractivity contribution is 7.00. The highest BCUT2D eigenvalue weighted by Gasteiger charge is 2.71. The standard InChI is InChI=1S/C28H84O12Si13.C22H66O9Si10.C16H48O6Si7/c1-41(2,3)29-51(30-42(4,5)6,31-43(7,8)9)38-50(28,39-52(32-44(10,11)12,33-45(13,14)15)34-46(16,17)18)40-53(35-47(19,20)21,36-48(22,23)24)37-49(25,26)27;1-32(2,3)23-38(19,24-33(4,5)6)29-41(22,30-39(20,25-34(7,8)9)26-35(10,11)12)31-40(21,27-36(13,14)15)28-37(16,17)18;1-23(2,3)17-26(10,11)20-29(16,21-27(12,13)18-24(4,5)6)22-28(14,15)19-25(7,8)9/h1-28H3;1-22H3;1-16H3. The molecule has 0 rings (SSSR count). The quantitative estimate of drug-likeness (QED) is 0.0513. The molecule has 0 aromatic rings. The molecule has 0 saturated carbocycles. The van der Waals surface area contributed by atoms with E-state index in [2.05, 4.69) is 393 Å². The lowest BCUT2D eigenvalue weighted by atomic mass is 11.8. The molecule has 0 saturated heterocycles. The third-order valence-corrected chi connectivity index (χ3v) is 106. The third kappa shape index (κ3) is 71.5. The van der Waals surface area contributed by atoms with E-state index in [0.29, 0.717) is 0 Å². The van der Waals surface area contributed by atoms with Crippen molar-refractivity contribution in [3.05, 3.63) is 0 Å². The van der Waals surface area contributed by atoms with Crippen LogP contribution in [0.5, 0.6) is 0 Å². The van der Waals surface area contributed by atoms with Crippen molar-refractivity contribution in [3.63, 3.8) is 0 Å². The van der Waals surface area contributed by atoms with Crippen LogP contribution in [0.25, 0.3) is 0 Å². The molecular formula is C66H198O27Si30. The van der Waals surface area contributed by atoms with Gasteiger partial charge in [-0.05, 0) is 393 Å². The summed E-state index contributed by atoms with van der Waals surface area (Å²) in [6.45, 7) is 140. The van der Waals surface area contributed by atoms with Crippen LogP contribution in [0.4, 0.5) is 0 Å². The molecule has 0 aromatic carbocycles. The van der Waals surface area contributed by atoms with Gasteiger partial charge in [-0.15, -0.1) is 0 Å². The SMILES string of the molecule is C[Si](C)(C)O[Si](C)(C)O[Si](C)(O[Si](C)(C)O[Si](C)(C)C)O[Si](C)(C)O[Si](C)(C)C.C[Si](C)(C)O[Si](C)(O[Si](C)(C)C)O[Si](C)(O[Si](C)(O[Si](C)(C)C)O[Si](C)(C)C)O[Si](C)(O[Si](C)(C)C)O[Si](C)(C)C.C[Si](C)(C)O[Si](O[Si](C)(C)C)(O[Si](C)(C)C)O[Si](C)(O[Si](O[Si](C)(C)C)(O[Si](C)(C)C)O[Si](C)(C)C)O[Si](O[Si](C)(C)C)(O[Si](C)(C)C)O[Si](C)(C)C. The molecule has 0 N–H and O–H groups in total. The Morgan fingerprint density at radius 1 is 0.0732 bits per heavy atom. The molecule has 0 aliphatic carbocycles. The molecule has 0 aromatic heterocycles. The van der Waals surface area contributed by atoms with Gasteiger partial charge in [0.25, 0.3) is 0 Å². The summed E-state index contributed by atoms with van der Waals surface area (Å²) in [6, 6.07) is 0. The Hall–Kier alpha value is 5.43. The maximum Gasteiger partial charge on any atom is 0.640 e. The Balaban J connectivity index is -0.00000183. The van der Waals surface area contributed by atoms with Gasteiger partial charge in [0.2, 0.25) is 0 Å². The van der Waals surface area contributed by atoms with E-state index in [9.17, 15) is 0 Å². The lowest BCUT2D eigenvalue weighted by Crippen LogP contribution is -2.75. The van der Waals surface area contributed by atoms with Gasteiger partial charge >= 0.3 is 106 Å². The zero-order valence-electron chi connectivity index (χ0n) is 92.0. The summed E-state index contributed by atoms with van der Waals surface area (Å²) in [4.78, 5) is 0. The van der Waals surface area contributed by atoms with Gasteiger partial charge in [0, 0.05) is 39.3 Å². The van der Waals surface area contributed by atoms with Crippen LogP contribution in [0.15, 0.2) is 0 Å². The minimum Gasteiger partial charge on any atom is -0.437 e. The molecule has 0 bridgehead atoms. The van der Waals surface area contributed by atoms with Crippen LogP contribution in [-0.2, 0) is 111 Å². The van der Waals surface area contributed by atoms with Crippen molar-refractivity contribution < 1.29 is 111 Å². The lowest BCUT2D eigenvalue weighted by molar-refractivity contribution is 0.0475. The van der Waals surface area contributed by atoms with Gasteiger partial charge in [-0.3, -0.25) is 0 Å². The van der Waals surface area contributed by atoms with Crippen molar-refractivity contribution in [2.45, 2.75) is 432 Å². The predicted octanol–water partition coefficient (Wildman–Crippen LogP) is 25.3. The topological polar surface area (TPSA) is 249 Å². The van der Waals surface area contributed by atoms with Crippen molar-refractivity contribution in [3.8, 4) is 0 Å². The van der Waals surface area contributed by atoms with E-state index in [1.54, 1.807) is 0 Å². The molecule has 0 atom stereocenters. The van der Waals surface area contributed by atoms with Gasteiger partial charge in [-0.25, -0.2) is 0 Å². The Morgan fingerprint density at radius 2 is 0.154 bits per heavy atom. The van der Waals surface area contributed by atoms with Crippen LogP contribution in [0.2, 0.25) is 432 Å². The maximum atomic E-state index is 7.50. The molecule has 0 fully saturated rings. The predicted molar refractivity (Wildman–Crippen MR) is 589 cm³/mol. The second-order valence-electron chi connectivity index (χ2n) is 51.7. The highest BCUT2D eigenvalue weighted by Crippen LogP contribution is 2.42. The molecule has 744 valence electrons. The van der Waals surface area contributed by atoms with Crippen molar-refractivity contribution in [2.75, 3.05) is 0 Å².